The summed E-state index contributed by atoms with van der Waals surface area (Å²) in [5, 5.41) is 27.7. The number of hydrogen-bond acceptors (Lipinski definition) is 12. The summed E-state index contributed by atoms with van der Waals surface area (Å²) < 4.78 is 19.8. The molecule has 6 N–H and O–H groups in total. The van der Waals surface area contributed by atoms with E-state index in [4.69, 9.17) is 24.7 Å². The van der Waals surface area contributed by atoms with E-state index < -0.39 is 47.2 Å². The van der Waals surface area contributed by atoms with Gasteiger partial charge in [-0.15, -0.1) is 0 Å². The highest BCUT2D eigenvalue weighted by Gasteiger charge is 2.27. The lowest BCUT2D eigenvalue weighted by Crippen LogP contribution is -2.52. The molecule has 2 atom stereocenters. The van der Waals surface area contributed by atoms with Gasteiger partial charge in [-0.25, -0.2) is 19.2 Å². The smallest absolute Gasteiger partial charge is 0.480 e. The molecule has 0 fully saturated rings. The summed E-state index contributed by atoms with van der Waals surface area (Å²) in [6.45, 7) is 3.91. The monoisotopic (exact) mass is 799 g/mol. The Kier molecular flexibility index (Phi) is 19.3. The van der Waals surface area contributed by atoms with Crippen molar-refractivity contribution in [3.8, 4) is 5.75 Å². The number of carboxylic acid groups (broad SMARTS) is 1. The molecule has 0 unspecified atom stereocenters. The highest BCUT2D eigenvalue weighted by atomic mass is 16.7. The van der Waals surface area contributed by atoms with Crippen LogP contribution in [0, 0.1) is 10.1 Å². The molecule has 0 aliphatic carbocycles. The van der Waals surface area contributed by atoms with Crippen LogP contribution in [0.4, 0.5) is 25.8 Å². The van der Waals surface area contributed by atoms with E-state index in [2.05, 4.69) is 22.5 Å². The number of nitrogen functional groups attached to an aromatic ring is 1. The molecule has 17 heteroatoms. The summed E-state index contributed by atoms with van der Waals surface area (Å²) in [5.74, 6) is -1.67. The lowest BCUT2D eigenvalue weighted by atomic mass is 10.0. The highest BCUT2D eigenvalue weighted by molar-refractivity contribution is 5.89. The minimum Gasteiger partial charge on any atom is -0.480 e. The fourth-order valence-corrected chi connectivity index (χ4v) is 4.86. The van der Waals surface area contributed by atoms with Crippen LogP contribution in [0.2, 0.25) is 0 Å². The summed E-state index contributed by atoms with van der Waals surface area (Å²) in [6.07, 6.45) is 0.383. The Hall–Kier alpha value is -7.43. The average molecular weight is 800 g/mol. The van der Waals surface area contributed by atoms with Gasteiger partial charge in [-0.05, 0) is 60.2 Å². The Bertz CT molecular complexity index is 1930. The maximum atomic E-state index is 13.0. The van der Waals surface area contributed by atoms with Gasteiger partial charge in [0.2, 0.25) is 5.91 Å². The lowest BCUT2D eigenvalue weighted by molar-refractivity contribution is -0.384. The lowest BCUT2D eigenvalue weighted by Gasteiger charge is -2.21. The molecule has 0 radical (unpaired) electrons. The Morgan fingerprint density at radius 1 is 0.741 bits per heavy atom. The molecule has 0 aromatic heterocycles. The molecule has 0 aliphatic rings. The second kappa shape index (κ2) is 24.9. The number of carbonyl (C=O) groups excluding carboxylic acids is 4. The van der Waals surface area contributed by atoms with E-state index in [1.54, 1.807) is 60.7 Å². The SMILES string of the molecule is C=CCOC(=O)NCCCC[C@H](NC(=O)[C@H](Cc1ccccc1)NC(=O)OCc1ccccc1)C(=O)O.Nc1ccc(COC(=O)Oc2ccc([N+](=O)[O-])cc2)cc1. The third-order valence-electron chi connectivity index (χ3n) is 7.82. The number of nitrogens with two attached hydrogens (primary N) is 1. The number of alkyl carbamates (subject to hydrolysis) is 2. The average Bonchev–Trinajstić information content (AvgIpc) is 3.22. The van der Waals surface area contributed by atoms with Crippen molar-refractivity contribution in [1.29, 1.82) is 0 Å². The number of benzene rings is 4. The number of anilines is 1. The number of nitrogens with one attached hydrogen (secondary N) is 3. The van der Waals surface area contributed by atoms with E-state index in [9.17, 15) is 39.2 Å². The number of nitro groups is 1. The molecule has 0 heterocycles. The van der Waals surface area contributed by atoms with E-state index in [1.807, 2.05) is 24.3 Å². The van der Waals surface area contributed by atoms with Gasteiger partial charge in [0.25, 0.3) is 5.69 Å². The van der Waals surface area contributed by atoms with Gasteiger partial charge in [-0.1, -0.05) is 85.5 Å². The molecule has 3 amide bonds. The van der Waals surface area contributed by atoms with Gasteiger partial charge in [0.05, 0.1) is 4.92 Å². The number of hydrogen-bond donors (Lipinski definition) is 5. The predicted molar refractivity (Wildman–Crippen MR) is 211 cm³/mol. The first kappa shape index (κ1) is 45.0. The number of aliphatic carboxylic acids is 1. The molecule has 17 nitrogen and oxygen atoms in total. The molecule has 4 aromatic rings. The second-order valence-electron chi connectivity index (χ2n) is 12.3. The maximum Gasteiger partial charge on any atom is 0.514 e. The van der Waals surface area contributed by atoms with Crippen molar-refractivity contribution in [2.24, 2.45) is 0 Å². The first-order chi connectivity index (χ1) is 27.9. The van der Waals surface area contributed by atoms with E-state index >= 15 is 0 Å². The van der Waals surface area contributed by atoms with Crippen LogP contribution in [-0.4, -0.2) is 65.5 Å². The summed E-state index contributed by atoms with van der Waals surface area (Å²) in [4.78, 5) is 70.0. The first-order valence-corrected chi connectivity index (χ1v) is 17.9. The number of nitrogens with zero attached hydrogens (tertiary/aromatic N) is 1. The minimum atomic E-state index is -1.20. The molecule has 58 heavy (non-hydrogen) atoms. The molecule has 0 saturated carbocycles. The van der Waals surface area contributed by atoms with Crippen molar-refractivity contribution in [2.45, 2.75) is 51.0 Å². The van der Waals surface area contributed by atoms with Crippen LogP contribution in [-0.2, 0) is 43.4 Å². The molecule has 4 rings (SSSR count). The Labute approximate surface area is 334 Å². The summed E-state index contributed by atoms with van der Waals surface area (Å²) >= 11 is 0. The zero-order valence-corrected chi connectivity index (χ0v) is 31.5. The number of non-ortho nitro benzene ring substituents is 1. The van der Waals surface area contributed by atoms with Gasteiger partial charge in [0, 0.05) is 30.8 Å². The van der Waals surface area contributed by atoms with Crippen LogP contribution >= 0.6 is 0 Å². The van der Waals surface area contributed by atoms with E-state index in [0.29, 0.717) is 25.1 Å². The number of carbonyl (C=O) groups is 5. The van der Waals surface area contributed by atoms with Gasteiger partial charge in [-0.3, -0.25) is 14.9 Å². The van der Waals surface area contributed by atoms with Crippen molar-refractivity contribution in [2.75, 3.05) is 18.9 Å². The quantitative estimate of drug-likeness (QED) is 0.0106. The molecule has 0 saturated heterocycles. The topological polar surface area (TPSA) is 248 Å². The van der Waals surface area contributed by atoms with Crippen LogP contribution in [0.25, 0.3) is 0 Å². The number of carboxylic acids is 1. The molecular formula is C41H45N5O12. The number of unbranched alkanes of at least 4 members (excludes halogenated alkanes) is 1. The number of ether oxygens (including phenoxy) is 4. The summed E-state index contributed by atoms with van der Waals surface area (Å²) in [6, 6.07) is 27.9. The zero-order valence-electron chi connectivity index (χ0n) is 31.5. The van der Waals surface area contributed by atoms with Crippen molar-refractivity contribution in [3.05, 3.63) is 149 Å². The Morgan fingerprint density at radius 3 is 1.95 bits per heavy atom. The van der Waals surface area contributed by atoms with Crippen molar-refractivity contribution in [1.82, 2.24) is 16.0 Å². The fourth-order valence-electron chi connectivity index (χ4n) is 4.86. The second-order valence-corrected chi connectivity index (χ2v) is 12.3. The van der Waals surface area contributed by atoms with Crippen LogP contribution in [0.3, 0.4) is 0 Å². The molecule has 0 bridgehead atoms. The number of nitro benzene ring substituents is 1. The van der Waals surface area contributed by atoms with Crippen LogP contribution in [0.1, 0.15) is 36.0 Å². The van der Waals surface area contributed by atoms with E-state index in [0.717, 1.165) is 16.7 Å². The van der Waals surface area contributed by atoms with Gasteiger partial charge in [-0.2, -0.15) is 0 Å². The standard InChI is InChI=1S/C27H33N3O7.C14H12N2O5/c1-2-17-36-26(34)28-16-10-9-15-22(25(32)33)29-24(31)23(18-20-11-5-3-6-12-20)30-27(35)37-19-21-13-7-4-8-14-21;15-11-3-1-10(2-4-11)9-20-14(17)21-13-7-5-12(6-8-13)16(18)19/h2-8,11-14,22-23H,1,9-10,15-19H2,(H,28,34)(H,29,31)(H,30,35)(H,32,33);1-8H,9,15H2/t22-,23-;/m0./s1. The fraction of sp³-hybridized carbons (Fsp3) is 0.244. The van der Waals surface area contributed by atoms with E-state index in [1.165, 1.54) is 30.3 Å². The van der Waals surface area contributed by atoms with Gasteiger partial charge in [0.15, 0.2) is 0 Å². The van der Waals surface area contributed by atoms with Crippen LogP contribution in [0.15, 0.2) is 122 Å². The predicted octanol–water partition coefficient (Wildman–Crippen LogP) is 6.07. The number of rotatable bonds is 19. The molecule has 0 spiro atoms. The van der Waals surface area contributed by atoms with Gasteiger partial charge in [0.1, 0.15) is 37.7 Å². The van der Waals surface area contributed by atoms with Crippen LogP contribution in [0.5, 0.6) is 5.75 Å². The minimum absolute atomic E-state index is 0.0271. The zero-order chi connectivity index (χ0) is 42.1. The van der Waals surface area contributed by atoms with Crippen LogP contribution < -0.4 is 26.4 Å². The third kappa shape index (κ3) is 17.8. The summed E-state index contributed by atoms with van der Waals surface area (Å²) in [7, 11) is 0. The van der Waals surface area contributed by atoms with Crippen molar-refractivity contribution in [3.63, 3.8) is 0 Å². The number of amides is 3. The largest absolute Gasteiger partial charge is 0.514 e. The highest BCUT2D eigenvalue weighted by Crippen LogP contribution is 2.18. The summed E-state index contributed by atoms with van der Waals surface area (Å²) in [5.41, 5.74) is 8.41. The van der Waals surface area contributed by atoms with Crippen molar-refractivity contribution >= 4 is 41.6 Å². The van der Waals surface area contributed by atoms with Gasteiger partial charge >= 0.3 is 24.3 Å². The molecular weight excluding hydrogens is 754 g/mol. The van der Waals surface area contributed by atoms with Crippen molar-refractivity contribution < 1.29 is 52.9 Å². The van der Waals surface area contributed by atoms with E-state index in [-0.39, 0.29) is 44.1 Å². The Morgan fingerprint density at radius 2 is 1.34 bits per heavy atom. The Balaban J connectivity index is 0.000000361. The molecule has 306 valence electrons. The third-order valence-corrected chi connectivity index (χ3v) is 7.82. The normalized spacial score (nSPS) is 11.2. The molecule has 0 aliphatic heterocycles. The molecule has 4 aromatic carbocycles. The maximum absolute atomic E-state index is 13.0. The first-order valence-electron chi connectivity index (χ1n) is 17.9. The van der Waals surface area contributed by atoms with Gasteiger partial charge < -0.3 is 45.7 Å².